The van der Waals surface area contributed by atoms with Crippen molar-refractivity contribution < 1.29 is 36.3 Å². The van der Waals surface area contributed by atoms with Gasteiger partial charge in [-0.2, -0.15) is 18.2 Å². The van der Waals surface area contributed by atoms with Crippen molar-refractivity contribution in [2.45, 2.75) is 19.2 Å². The molecule has 3 aromatic carbocycles. The molecule has 5 rings (SSSR count). The molecule has 2 heterocycles. The average molecular weight is 512 g/mol. The van der Waals surface area contributed by atoms with E-state index < -0.39 is 23.7 Å². The van der Waals surface area contributed by atoms with Gasteiger partial charge in [-0.15, -0.1) is 0 Å². The lowest BCUT2D eigenvalue weighted by Crippen LogP contribution is -2.06. The van der Waals surface area contributed by atoms with Gasteiger partial charge in [-0.1, -0.05) is 17.3 Å². The highest BCUT2D eigenvalue weighted by Crippen LogP contribution is 2.33. The number of alkyl halides is 3. The van der Waals surface area contributed by atoms with Crippen molar-refractivity contribution in [3.8, 4) is 34.0 Å². The Morgan fingerprint density at radius 1 is 1.00 bits per heavy atom. The molecule has 11 heteroatoms. The Bertz CT molecular complexity index is 1660. The standard InChI is InChI=1S/C26H16F4N2O5/c1-13(25-31-24(32-37-25)15-8-16(26(28,29)30)10-17(27)9-15)36-19-6-7-20-22(11-19)35-12-21(23(20)34)14-2-4-18(33)5-3-14/h2-13,33H,1H3. The van der Waals surface area contributed by atoms with Crippen molar-refractivity contribution in [1.29, 1.82) is 0 Å². The Morgan fingerprint density at radius 3 is 2.49 bits per heavy atom. The molecule has 188 valence electrons. The van der Waals surface area contributed by atoms with Crippen LogP contribution in [-0.2, 0) is 6.18 Å². The lowest BCUT2D eigenvalue weighted by atomic mass is 10.1. The third-order valence-corrected chi connectivity index (χ3v) is 5.51. The predicted molar refractivity (Wildman–Crippen MR) is 123 cm³/mol. The van der Waals surface area contributed by atoms with E-state index in [1.807, 2.05) is 0 Å². The summed E-state index contributed by atoms with van der Waals surface area (Å²) in [7, 11) is 0. The Labute approximate surface area is 205 Å². The zero-order chi connectivity index (χ0) is 26.3. The van der Waals surface area contributed by atoms with Gasteiger partial charge < -0.3 is 18.8 Å². The third kappa shape index (κ3) is 4.88. The summed E-state index contributed by atoms with van der Waals surface area (Å²) in [6.07, 6.45) is -4.27. The molecule has 37 heavy (non-hydrogen) atoms. The van der Waals surface area contributed by atoms with Crippen molar-refractivity contribution in [1.82, 2.24) is 10.1 Å². The molecular weight excluding hydrogens is 496 g/mol. The fourth-order valence-electron chi connectivity index (χ4n) is 3.68. The molecule has 2 aromatic heterocycles. The lowest BCUT2D eigenvalue weighted by molar-refractivity contribution is -0.137. The van der Waals surface area contributed by atoms with Crippen LogP contribution in [0.1, 0.15) is 24.5 Å². The maximum atomic E-state index is 13.7. The first-order chi connectivity index (χ1) is 17.6. The summed E-state index contributed by atoms with van der Waals surface area (Å²) in [6, 6.07) is 12.6. The molecule has 0 bridgehead atoms. The molecule has 1 unspecified atom stereocenters. The van der Waals surface area contributed by atoms with Gasteiger partial charge in [0.1, 0.15) is 29.2 Å². The molecular formula is C26H16F4N2O5. The quantitative estimate of drug-likeness (QED) is 0.268. The van der Waals surface area contributed by atoms with E-state index in [2.05, 4.69) is 10.1 Å². The molecule has 0 aliphatic heterocycles. The molecule has 0 amide bonds. The van der Waals surface area contributed by atoms with E-state index in [-0.39, 0.29) is 34.0 Å². The van der Waals surface area contributed by atoms with E-state index in [0.717, 1.165) is 12.1 Å². The van der Waals surface area contributed by atoms with Crippen molar-refractivity contribution in [3.05, 3.63) is 94.4 Å². The second-order valence-electron chi connectivity index (χ2n) is 8.13. The maximum absolute atomic E-state index is 13.7. The van der Waals surface area contributed by atoms with Gasteiger partial charge in [0.2, 0.25) is 5.82 Å². The number of rotatable bonds is 5. The number of aromatic hydroxyl groups is 1. The first kappa shape index (κ1) is 24.0. The molecule has 1 atom stereocenters. The number of aromatic nitrogens is 2. The summed E-state index contributed by atoms with van der Waals surface area (Å²) < 4.78 is 69.3. The van der Waals surface area contributed by atoms with Gasteiger partial charge in [0.25, 0.3) is 5.89 Å². The summed E-state index contributed by atoms with van der Waals surface area (Å²) in [5.74, 6) is -1.02. The normalized spacial score (nSPS) is 12.6. The van der Waals surface area contributed by atoms with Crippen molar-refractivity contribution in [3.63, 3.8) is 0 Å². The number of phenols is 1. The van der Waals surface area contributed by atoms with Gasteiger partial charge in [-0.3, -0.25) is 4.79 Å². The van der Waals surface area contributed by atoms with Crippen molar-refractivity contribution >= 4 is 11.0 Å². The number of hydrogen-bond donors (Lipinski definition) is 1. The molecule has 0 aliphatic carbocycles. The zero-order valence-electron chi connectivity index (χ0n) is 18.9. The van der Waals surface area contributed by atoms with E-state index in [1.165, 1.54) is 36.6 Å². The fourth-order valence-corrected chi connectivity index (χ4v) is 3.68. The second-order valence-corrected chi connectivity index (χ2v) is 8.13. The highest BCUT2D eigenvalue weighted by atomic mass is 19.4. The molecule has 0 saturated carbocycles. The number of benzene rings is 3. The molecule has 0 spiro atoms. The first-order valence-electron chi connectivity index (χ1n) is 10.8. The third-order valence-electron chi connectivity index (χ3n) is 5.51. The van der Waals surface area contributed by atoms with E-state index >= 15 is 0 Å². The summed E-state index contributed by atoms with van der Waals surface area (Å²) in [5.41, 5.74) is -0.505. The van der Waals surface area contributed by atoms with Gasteiger partial charge in [-0.05, 0) is 55.0 Å². The van der Waals surface area contributed by atoms with Gasteiger partial charge in [0.05, 0.1) is 16.5 Å². The van der Waals surface area contributed by atoms with Gasteiger partial charge in [0, 0.05) is 11.6 Å². The number of hydrogen-bond acceptors (Lipinski definition) is 7. The minimum atomic E-state index is -4.74. The summed E-state index contributed by atoms with van der Waals surface area (Å²) in [5, 5.41) is 13.4. The van der Waals surface area contributed by atoms with Gasteiger partial charge >= 0.3 is 6.18 Å². The van der Waals surface area contributed by atoms with Crippen LogP contribution in [0.2, 0.25) is 0 Å². The molecule has 5 aromatic rings. The zero-order valence-corrected chi connectivity index (χ0v) is 18.9. The van der Waals surface area contributed by atoms with Gasteiger partial charge in [-0.25, -0.2) is 4.39 Å². The van der Waals surface area contributed by atoms with Crippen LogP contribution in [0, 0.1) is 5.82 Å². The lowest BCUT2D eigenvalue weighted by Gasteiger charge is -2.11. The summed E-state index contributed by atoms with van der Waals surface area (Å²) >= 11 is 0. The average Bonchev–Trinajstić information content (AvgIpc) is 3.35. The Hall–Kier alpha value is -4.67. The molecule has 0 aliphatic rings. The Kier molecular flexibility index (Phi) is 5.90. The number of ether oxygens (including phenoxy) is 1. The van der Waals surface area contributed by atoms with Crippen LogP contribution in [0.25, 0.3) is 33.5 Å². The van der Waals surface area contributed by atoms with E-state index in [0.29, 0.717) is 28.3 Å². The highest BCUT2D eigenvalue weighted by molar-refractivity contribution is 5.82. The van der Waals surface area contributed by atoms with E-state index in [4.69, 9.17) is 13.7 Å². The van der Waals surface area contributed by atoms with Gasteiger partial charge in [0.15, 0.2) is 11.5 Å². The van der Waals surface area contributed by atoms with E-state index in [1.54, 1.807) is 19.1 Å². The summed E-state index contributed by atoms with van der Waals surface area (Å²) in [4.78, 5) is 17.0. The SMILES string of the molecule is CC(Oc1ccc2c(=O)c(-c3ccc(O)cc3)coc2c1)c1nc(-c2cc(F)cc(C(F)(F)F)c2)no1. The minimum Gasteiger partial charge on any atom is -0.508 e. The minimum absolute atomic E-state index is 0.0583. The molecule has 0 saturated heterocycles. The van der Waals surface area contributed by atoms with Crippen LogP contribution in [0.5, 0.6) is 11.5 Å². The number of nitrogens with zero attached hydrogens (tertiary/aromatic N) is 2. The predicted octanol–water partition coefficient (Wildman–Crippen LogP) is 6.51. The highest BCUT2D eigenvalue weighted by Gasteiger charge is 2.32. The largest absolute Gasteiger partial charge is 0.508 e. The molecule has 7 nitrogen and oxygen atoms in total. The Balaban J connectivity index is 1.38. The van der Waals surface area contributed by atoms with Crippen molar-refractivity contribution in [2.24, 2.45) is 0 Å². The number of fused-ring (bicyclic) bond motifs is 1. The Morgan fingerprint density at radius 2 is 1.76 bits per heavy atom. The van der Waals surface area contributed by atoms with Crippen LogP contribution in [-0.4, -0.2) is 15.2 Å². The van der Waals surface area contributed by atoms with Crippen LogP contribution in [0.4, 0.5) is 17.6 Å². The maximum Gasteiger partial charge on any atom is 0.416 e. The monoisotopic (exact) mass is 512 g/mol. The smallest absolute Gasteiger partial charge is 0.416 e. The van der Waals surface area contributed by atoms with Crippen LogP contribution in [0.15, 0.2) is 80.7 Å². The van der Waals surface area contributed by atoms with Crippen LogP contribution in [0.3, 0.4) is 0 Å². The molecule has 1 N–H and O–H groups in total. The second kappa shape index (κ2) is 9.08. The number of phenolic OH excluding ortho intramolecular Hbond substituents is 1. The molecule has 0 radical (unpaired) electrons. The topological polar surface area (TPSA) is 98.6 Å². The summed E-state index contributed by atoms with van der Waals surface area (Å²) in [6.45, 7) is 1.57. The van der Waals surface area contributed by atoms with E-state index in [9.17, 15) is 27.5 Å². The molecule has 0 fully saturated rings. The number of halogens is 4. The first-order valence-corrected chi connectivity index (χ1v) is 10.8. The van der Waals surface area contributed by atoms with Crippen LogP contribution >= 0.6 is 0 Å². The fraction of sp³-hybridized carbons (Fsp3) is 0.115. The van der Waals surface area contributed by atoms with Crippen LogP contribution < -0.4 is 10.2 Å². The van der Waals surface area contributed by atoms with Crippen molar-refractivity contribution in [2.75, 3.05) is 0 Å².